The van der Waals surface area contributed by atoms with Crippen molar-refractivity contribution in [1.82, 2.24) is 4.40 Å². The van der Waals surface area contributed by atoms with E-state index in [2.05, 4.69) is 126 Å². The number of thiophene rings is 1. The van der Waals surface area contributed by atoms with Crippen molar-refractivity contribution in [2.75, 3.05) is 0 Å². The van der Waals surface area contributed by atoms with Crippen LogP contribution in [0.5, 0.6) is 0 Å². The fourth-order valence-electron chi connectivity index (χ4n) is 8.58. The Morgan fingerprint density at radius 1 is 0.377 bits per heavy atom. The second-order valence-corrected chi connectivity index (χ2v) is 15.1. The molecule has 4 heteroatoms. The molecule has 0 fully saturated rings. The Morgan fingerprint density at radius 2 is 0.868 bits per heavy atom. The Kier molecular flexibility index (Phi) is 5.80. The van der Waals surface area contributed by atoms with Crippen molar-refractivity contribution in [3.8, 4) is 33.4 Å². The summed E-state index contributed by atoms with van der Waals surface area (Å²) >= 11 is 1.86. The minimum atomic E-state index is 0.00262. The van der Waals surface area contributed by atoms with Crippen molar-refractivity contribution >= 4 is 91.5 Å². The molecular weight excluding hydrogens is 667 g/mol. The van der Waals surface area contributed by atoms with E-state index in [-0.39, 0.29) is 5.43 Å². The fourth-order valence-corrected chi connectivity index (χ4v) is 9.77. The normalized spacial score (nSPS) is 12.2. The summed E-state index contributed by atoms with van der Waals surface area (Å²) < 4.78 is 11.2. The van der Waals surface area contributed by atoms with E-state index < -0.39 is 0 Å². The minimum Gasteiger partial charge on any atom is -0.456 e. The maximum atomic E-state index is 13.0. The van der Waals surface area contributed by atoms with Crippen LogP contribution in [-0.4, -0.2) is 4.40 Å². The number of hydrogen-bond donors (Lipinski definition) is 0. The standard InChI is InChI=1S/C49H27NO2S/c51-49-40-7-2-4-11-44(40)52-45-25-31(19-23-41(45)49)28-12-14-29(15-13-28)32-17-21-36-37-22-18-33(27-47(37)53-46(36)26-32)30-16-20-35-39-9-5-8-38-34-6-1-3-10-42(34)50(48(38)39)43(35)24-30/h1-27H. The van der Waals surface area contributed by atoms with Crippen LogP contribution in [0.3, 0.4) is 0 Å². The first kappa shape index (κ1) is 28.9. The number of hydrogen-bond acceptors (Lipinski definition) is 3. The molecule has 0 saturated heterocycles. The minimum absolute atomic E-state index is 0.00262. The van der Waals surface area contributed by atoms with Gasteiger partial charge in [-0.25, -0.2) is 0 Å². The molecule has 0 amide bonds. The second-order valence-electron chi connectivity index (χ2n) is 14.0. The number of rotatable bonds is 3. The van der Waals surface area contributed by atoms with Gasteiger partial charge in [-0.15, -0.1) is 11.3 Å². The summed E-state index contributed by atoms with van der Waals surface area (Å²) in [6, 6.07) is 58.0. The lowest BCUT2D eigenvalue weighted by Crippen LogP contribution is -2.01. The first-order chi connectivity index (χ1) is 26.2. The first-order valence-electron chi connectivity index (χ1n) is 17.9. The fraction of sp³-hybridized carbons (Fsp3) is 0. The van der Waals surface area contributed by atoms with Crippen molar-refractivity contribution in [2.24, 2.45) is 0 Å². The van der Waals surface area contributed by atoms with Crippen LogP contribution in [0.15, 0.2) is 173 Å². The molecule has 0 bridgehead atoms. The topological polar surface area (TPSA) is 34.6 Å². The number of fused-ring (bicyclic) bond motifs is 11. The van der Waals surface area contributed by atoms with Crippen LogP contribution in [0.25, 0.3) is 114 Å². The summed E-state index contributed by atoms with van der Waals surface area (Å²) in [5, 5.41) is 9.00. The van der Waals surface area contributed by atoms with Crippen molar-refractivity contribution in [3.63, 3.8) is 0 Å². The molecule has 0 N–H and O–H groups in total. The number of nitrogens with zero attached hydrogens (tertiary/aromatic N) is 1. The zero-order valence-electron chi connectivity index (χ0n) is 28.3. The van der Waals surface area contributed by atoms with Crippen LogP contribution < -0.4 is 5.43 Å². The van der Waals surface area contributed by atoms with Gasteiger partial charge in [0.1, 0.15) is 11.2 Å². The van der Waals surface area contributed by atoms with Crippen molar-refractivity contribution in [1.29, 1.82) is 0 Å². The average molecular weight is 694 g/mol. The largest absolute Gasteiger partial charge is 0.456 e. The highest BCUT2D eigenvalue weighted by molar-refractivity contribution is 7.25. The predicted molar refractivity (Wildman–Crippen MR) is 224 cm³/mol. The Morgan fingerprint density at radius 3 is 1.58 bits per heavy atom. The van der Waals surface area contributed by atoms with Gasteiger partial charge < -0.3 is 8.82 Å². The van der Waals surface area contributed by atoms with E-state index in [0.29, 0.717) is 21.9 Å². The summed E-state index contributed by atoms with van der Waals surface area (Å²) in [6.45, 7) is 0. The highest BCUT2D eigenvalue weighted by atomic mass is 32.1. The highest BCUT2D eigenvalue weighted by Gasteiger charge is 2.18. The summed E-state index contributed by atoms with van der Waals surface area (Å²) in [6.07, 6.45) is 0. The Bertz CT molecular complexity index is 3530. The van der Waals surface area contributed by atoms with Crippen molar-refractivity contribution in [3.05, 3.63) is 174 Å². The van der Waals surface area contributed by atoms with Gasteiger partial charge in [-0.1, -0.05) is 115 Å². The molecule has 8 aromatic carbocycles. The third-order valence-electron chi connectivity index (χ3n) is 11.2. The molecular formula is C49H27NO2S. The van der Waals surface area contributed by atoms with E-state index in [1.165, 1.54) is 75.0 Å². The summed E-state index contributed by atoms with van der Waals surface area (Å²) in [7, 11) is 0. The zero-order valence-corrected chi connectivity index (χ0v) is 29.1. The van der Waals surface area contributed by atoms with Crippen LogP contribution in [0.1, 0.15) is 0 Å². The highest BCUT2D eigenvalue weighted by Crippen LogP contribution is 2.42. The molecule has 246 valence electrons. The Balaban J connectivity index is 0.900. The Hall–Kier alpha value is -6.75. The summed E-state index contributed by atoms with van der Waals surface area (Å²) in [5.74, 6) is 0. The molecule has 0 saturated carbocycles. The smallest absolute Gasteiger partial charge is 0.200 e. The molecule has 12 aromatic rings. The van der Waals surface area contributed by atoms with Gasteiger partial charge >= 0.3 is 0 Å². The number of aromatic nitrogens is 1. The molecule has 0 aliphatic carbocycles. The second kappa shape index (κ2) is 10.6. The lowest BCUT2D eigenvalue weighted by atomic mass is 9.98. The maximum absolute atomic E-state index is 13.0. The molecule has 0 atom stereocenters. The molecule has 0 spiro atoms. The SMILES string of the molecule is O=c1c2ccccc2oc2cc(-c3ccc(-c4ccc5c(c4)sc4cc(-c6ccc7c8cccc9c%10ccccc%10n(c7c6)c98)ccc45)cc3)ccc12. The lowest BCUT2D eigenvalue weighted by molar-refractivity contribution is 0.660. The van der Waals surface area contributed by atoms with Gasteiger partial charge in [0.15, 0.2) is 0 Å². The first-order valence-corrected chi connectivity index (χ1v) is 18.7. The van der Waals surface area contributed by atoms with Gasteiger partial charge in [-0.3, -0.25) is 4.79 Å². The number of para-hydroxylation sites is 3. The maximum Gasteiger partial charge on any atom is 0.200 e. The van der Waals surface area contributed by atoms with Gasteiger partial charge in [-0.05, 0) is 81.9 Å². The predicted octanol–water partition coefficient (Wildman–Crippen LogP) is 13.5. The van der Waals surface area contributed by atoms with E-state index in [1.54, 1.807) is 0 Å². The van der Waals surface area contributed by atoms with Crippen molar-refractivity contribution < 1.29 is 4.42 Å². The average Bonchev–Trinajstić information content (AvgIpc) is 3.87. The van der Waals surface area contributed by atoms with Gasteiger partial charge in [0.2, 0.25) is 5.43 Å². The van der Waals surface area contributed by atoms with Crippen LogP contribution >= 0.6 is 11.3 Å². The lowest BCUT2D eigenvalue weighted by Gasteiger charge is -2.07. The number of benzene rings is 8. The van der Waals surface area contributed by atoms with Gasteiger partial charge in [0.25, 0.3) is 0 Å². The zero-order chi connectivity index (χ0) is 34.8. The summed E-state index contributed by atoms with van der Waals surface area (Å²) in [5.41, 5.74) is 11.9. The van der Waals surface area contributed by atoms with Gasteiger partial charge in [0.05, 0.1) is 27.3 Å². The third-order valence-corrected chi connectivity index (χ3v) is 12.3. The molecule has 0 unspecified atom stereocenters. The van der Waals surface area contributed by atoms with E-state index in [9.17, 15) is 4.79 Å². The summed E-state index contributed by atoms with van der Waals surface area (Å²) in [4.78, 5) is 13.0. The van der Waals surface area contributed by atoms with E-state index in [1.807, 2.05) is 53.8 Å². The van der Waals surface area contributed by atoms with E-state index in [0.717, 1.165) is 16.7 Å². The Labute approximate surface area is 306 Å². The van der Waals surface area contributed by atoms with Crippen LogP contribution in [0.4, 0.5) is 0 Å². The molecule has 12 rings (SSSR count). The van der Waals surface area contributed by atoms with Crippen molar-refractivity contribution in [2.45, 2.75) is 0 Å². The monoisotopic (exact) mass is 693 g/mol. The molecule has 0 aliphatic rings. The molecule has 3 nitrogen and oxygen atoms in total. The van der Waals surface area contributed by atoms with Crippen LogP contribution in [0.2, 0.25) is 0 Å². The van der Waals surface area contributed by atoms with E-state index >= 15 is 0 Å². The van der Waals surface area contributed by atoms with Crippen LogP contribution in [0, 0.1) is 0 Å². The molecule has 4 aromatic heterocycles. The molecule has 0 radical (unpaired) electrons. The molecule has 0 aliphatic heterocycles. The van der Waals surface area contributed by atoms with Gasteiger partial charge in [-0.2, -0.15) is 0 Å². The third kappa shape index (κ3) is 4.12. The van der Waals surface area contributed by atoms with Crippen LogP contribution in [-0.2, 0) is 0 Å². The molecule has 4 heterocycles. The van der Waals surface area contributed by atoms with Gasteiger partial charge in [0, 0.05) is 41.7 Å². The quantitative estimate of drug-likeness (QED) is 0.173. The van der Waals surface area contributed by atoms with E-state index in [4.69, 9.17) is 4.42 Å². The molecule has 53 heavy (non-hydrogen) atoms.